The van der Waals surface area contributed by atoms with Gasteiger partial charge in [-0.3, -0.25) is 9.69 Å². The maximum absolute atomic E-state index is 12.7. The number of piperazine rings is 1. The van der Waals surface area contributed by atoms with Gasteiger partial charge in [0, 0.05) is 26.2 Å². The molecule has 1 amide bonds. The van der Waals surface area contributed by atoms with Crippen molar-refractivity contribution < 1.29 is 9.53 Å². The smallest absolute Gasteiger partial charge is 0.260 e. The molecule has 0 spiro atoms. The second-order valence-electron chi connectivity index (χ2n) is 7.75. The molecule has 1 saturated heterocycles. The van der Waals surface area contributed by atoms with Gasteiger partial charge in [-0.1, -0.05) is 72.8 Å². The van der Waals surface area contributed by atoms with Gasteiger partial charge in [0.2, 0.25) is 0 Å². The van der Waals surface area contributed by atoms with Crippen LogP contribution in [0, 0.1) is 6.92 Å². The Balaban J connectivity index is 0.00000272. The summed E-state index contributed by atoms with van der Waals surface area (Å²) in [7, 11) is 0. The molecular formula is C26H29ClN2O2. The Morgan fingerprint density at radius 1 is 0.839 bits per heavy atom. The minimum absolute atomic E-state index is 0. The molecule has 0 unspecified atom stereocenters. The maximum Gasteiger partial charge on any atom is 0.260 e. The van der Waals surface area contributed by atoms with Crippen LogP contribution in [0.25, 0.3) is 0 Å². The number of aryl methyl sites for hydroxylation is 1. The summed E-state index contributed by atoms with van der Waals surface area (Å²) in [5.41, 5.74) is 3.69. The number of hydrogen-bond acceptors (Lipinski definition) is 3. The fraction of sp³-hybridized carbons (Fsp3) is 0.269. The first-order valence-corrected chi connectivity index (χ1v) is 10.5. The zero-order chi connectivity index (χ0) is 20.8. The molecule has 1 aliphatic rings. The molecule has 3 aromatic rings. The highest BCUT2D eigenvalue weighted by Gasteiger charge is 2.28. The summed E-state index contributed by atoms with van der Waals surface area (Å²) in [6, 6.07) is 29.2. The molecule has 3 aromatic carbocycles. The Morgan fingerprint density at radius 3 is 1.97 bits per heavy atom. The molecule has 0 radical (unpaired) electrons. The summed E-state index contributed by atoms with van der Waals surface area (Å²) in [4.78, 5) is 17.0. The number of ether oxygens (including phenoxy) is 1. The summed E-state index contributed by atoms with van der Waals surface area (Å²) in [6.45, 7) is 5.21. The Hall–Kier alpha value is -2.82. The van der Waals surface area contributed by atoms with Gasteiger partial charge in [-0.25, -0.2) is 0 Å². The minimum Gasteiger partial charge on any atom is -0.484 e. The molecule has 1 fully saturated rings. The maximum atomic E-state index is 12.7. The van der Waals surface area contributed by atoms with Gasteiger partial charge in [-0.05, 0) is 35.7 Å². The van der Waals surface area contributed by atoms with E-state index in [9.17, 15) is 4.79 Å². The van der Waals surface area contributed by atoms with Gasteiger partial charge in [-0.2, -0.15) is 0 Å². The van der Waals surface area contributed by atoms with Crippen LogP contribution in [-0.4, -0.2) is 48.5 Å². The van der Waals surface area contributed by atoms with Gasteiger partial charge >= 0.3 is 0 Å². The SMILES string of the molecule is Cc1cccc(OCC(=O)N2CCN(C(c3ccccc3)c3ccccc3)CC2)c1.Cl. The molecule has 0 bridgehead atoms. The normalized spacial score (nSPS) is 14.2. The minimum atomic E-state index is 0. The number of carbonyl (C=O) groups excluding carboxylic acids is 1. The highest BCUT2D eigenvalue weighted by atomic mass is 35.5. The topological polar surface area (TPSA) is 32.8 Å². The van der Waals surface area contributed by atoms with Crippen LogP contribution in [0.2, 0.25) is 0 Å². The molecule has 0 aliphatic carbocycles. The number of carbonyl (C=O) groups is 1. The second-order valence-corrected chi connectivity index (χ2v) is 7.75. The van der Waals surface area contributed by atoms with Gasteiger partial charge in [0.15, 0.2) is 6.61 Å². The molecule has 5 heteroatoms. The molecule has 4 rings (SSSR count). The van der Waals surface area contributed by atoms with E-state index in [0.717, 1.165) is 24.4 Å². The highest BCUT2D eigenvalue weighted by Crippen LogP contribution is 2.29. The van der Waals surface area contributed by atoms with Gasteiger partial charge in [0.05, 0.1) is 6.04 Å². The summed E-state index contributed by atoms with van der Waals surface area (Å²) < 4.78 is 5.71. The van der Waals surface area contributed by atoms with Crippen molar-refractivity contribution in [2.45, 2.75) is 13.0 Å². The monoisotopic (exact) mass is 436 g/mol. The summed E-state index contributed by atoms with van der Waals surface area (Å²) in [5, 5.41) is 0. The number of halogens is 1. The Labute approximate surface area is 190 Å². The zero-order valence-corrected chi connectivity index (χ0v) is 18.6. The molecule has 31 heavy (non-hydrogen) atoms. The quantitative estimate of drug-likeness (QED) is 0.560. The first-order valence-electron chi connectivity index (χ1n) is 10.5. The van der Waals surface area contributed by atoms with Crippen molar-refractivity contribution in [3.8, 4) is 5.75 Å². The molecule has 4 nitrogen and oxygen atoms in total. The van der Waals surface area contributed by atoms with Crippen molar-refractivity contribution >= 4 is 18.3 Å². The van der Waals surface area contributed by atoms with E-state index in [1.807, 2.05) is 36.1 Å². The molecule has 0 atom stereocenters. The second kappa shape index (κ2) is 11.0. The van der Waals surface area contributed by atoms with E-state index in [1.54, 1.807) is 0 Å². The van der Waals surface area contributed by atoms with Crippen LogP contribution in [0.1, 0.15) is 22.7 Å². The fourth-order valence-corrected chi connectivity index (χ4v) is 4.06. The lowest BCUT2D eigenvalue weighted by molar-refractivity contribution is -0.135. The van der Waals surface area contributed by atoms with E-state index in [4.69, 9.17) is 4.74 Å². The standard InChI is InChI=1S/C26H28N2O2.ClH/c1-21-9-8-14-24(19-21)30-20-25(29)27-15-17-28(18-16-27)26(22-10-4-2-5-11-22)23-12-6-3-7-13-23;/h2-14,19,26H,15-18,20H2,1H3;1H. The van der Waals surface area contributed by atoms with E-state index in [-0.39, 0.29) is 31.0 Å². The van der Waals surface area contributed by atoms with Gasteiger partial charge in [-0.15, -0.1) is 12.4 Å². The highest BCUT2D eigenvalue weighted by molar-refractivity contribution is 5.85. The first-order chi connectivity index (χ1) is 14.7. The number of nitrogens with zero attached hydrogens (tertiary/aromatic N) is 2. The van der Waals surface area contributed by atoms with Crippen molar-refractivity contribution in [1.29, 1.82) is 0 Å². The van der Waals surface area contributed by atoms with Crippen LogP contribution in [0.4, 0.5) is 0 Å². The predicted octanol–water partition coefficient (Wildman–Crippen LogP) is 4.73. The third-order valence-corrected chi connectivity index (χ3v) is 5.61. The average Bonchev–Trinajstić information content (AvgIpc) is 2.80. The van der Waals surface area contributed by atoms with Crippen molar-refractivity contribution in [2.24, 2.45) is 0 Å². The third-order valence-electron chi connectivity index (χ3n) is 5.61. The molecule has 1 heterocycles. The molecule has 1 aliphatic heterocycles. The lowest BCUT2D eigenvalue weighted by Crippen LogP contribution is -2.51. The van der Waals surface area contributed by atoms with Crippen LogP contribution in [0.15, 0.2) is 84.9 Å². The number of rotatable bonds is 6. The zero-order valence-electron chi connectivity index (χ0n) is 17.8. The fourth-order valence-electron chi connectivity index (χ4n) is 4.06. The van der Waals surface area contributed by atoms with Gasteiger partial charge in [0.1, 0.15) is 5.75 Å². The summed E-state index contributed by atoms with van der Waals surface area (Å²) in [5.74, 6) is 0.794. The van der Waals surface area contributed by atoms with E-state index in [1.165, 1.54) is 11.1 Å². The summed E-state index contributed by atoms with van der Waals surface area (Å²) in [6.07, 6.45) is 0. The first kappa shape index (κ1) is 22.9. The largest absolute Gasteiger partial charge is 0.484 e. The van der Waals surface area contributed by atoms with Gasteiger partial charge < -0.3 is 9.64 Å². The molecule has 0 N–H and O–H groups in total. The van der Waals surface area contributed by atoms with Crippen molar-refractivity contribution in [3.63, 3.8) is 0 Å². The van der Waals surface area contributed by atoms with Crippen LogP contribution in [-0.2, 0) is 4.79 Å². The Bertz CT molecular complexity index is 918. The Morgan fingerprint density at radius 2 is 1.42 bits per heavy atom. The predicted molar refractivity (Wildman–Crippen MR) is 127 cm³/mol. The van der Waals surface area contributed by atoms with Crippen molar-refractivity contribution in [2.75, 3.05) is 32.8 Å². The van der Waals surface area contributed by atoms with Crippen LogP contribution < -0.4 is 4.74 Å². The summed E-state index contributed by atoms with van der Waals surface area (Å²) >= 11 is 0. The van der Waals surface area contributed by atoms with Gasteiger partial charge in [0.25, 0.3) is 5.91 Å². The molecule has 0 aromatic heterocycles. The van der Waals surface area contributed by atoms with Crippen LogP contribution in [0.3, 0.4) is 0 Å². The van der Waals surface area contributed by atoms with E-state index in [0.29, 0.717) is 13.1 Å². The average molecular weight is 437 g/mol. The van der Waals surface area contributed by atoms with Crippen molar-refractivity contribution in [3.05, 3.63) is 102 Å². The number of amides is 1. The Kier molecular flexibility index (Phi) is 8.10. The number of hydrogen-bond donors (Lipinski definition) is 0. The van der Waals surface area contributed by atoms with Crippen LogP contribution >= 0.6 is 12.4 Å². The number of benzene rings is 3. The molecule has 162 valence electrons. The molecular weight excluding hydrogens is 408 g/mol. The van der Waals surface area contributed by atoms with Crippen molar-refractivity contribution in [1.82, 2.24) is 9.80 Å². The lowest BCUT2D eigenvalue weighted by atomic mass is 9.96. The third kappa shape index (κ3) is 5.87. The molecule has 0 saturated carbocycles. The van der Waals surface area contributed by atoms with Crippen LogP contribution in [0.5, 0.6) is 5.75 Å². The van der Waals surface area contributed by atoms with E-state index < -0.39 is 0 Å². The van der Waals surface area contributed by atoms with E-state index in [2.05, 4.69) is 65.6 Å². The lowest BCUT2D eigenvalue weighted by Gasteiger charge is -2.39. The van der Waals surface area contributed by atoms with E-state index >= 15 is 0 Å².